The van der Waals surface area contributed by atoms with Gasteiger partial charge in [0.25, 0.3) is 0 Å². The number of aromatic nitrogens is 1. The highest BCUT2D eigenvalue weighted by molar-refractivity contribution is 5.16. The first-order chi connectivity index (χ1) is 7.34. The minimum absolute atomic E-state index is 0.513. The van der Waals surface area contributed by atoms with Gasteiger partial charge >= 0.3 is 0 Å². The van der Waals surface area contributed by atoms with Gasteiger partial charge in [0.2, 0.25) is 0 Å². The highest BCUT2D eigenvalue weighted by atomic mass is 16.5. The molecule has 2 heterocycles. The summed E-state index contributed by atoms with van der Waals surface area (Å²) in [7, 11) is 0. The van der Waals surface area contributed by atoms with Gasteiger partial charge in [-0.2, -0.15) is 0 Å². The molecule has 0 saturated carbocycles. The first-order valence-electron chi connectivity index (χ1n) is 5.56. The number of pyridine rings is 1. The fourth-order valence-electron chi connectivity index (χ4n) is 1.88. The van der Waals surface area contributed by atoms with E-state index < -0.39 is 0 Å². The van der Waals surface area contributed by atoms with Crippen molar-refractivity contribution < 1.29 is 4.74 Å². The molecule has 3 nitrogen and oxygen atoms in total. The van der Waals surface area contributed by atoms with Crippen LogP contribution in [0.1, 0.15) is 24.0 Å². The zero-order valence-corrected chi connectivity index (χ0v) is 9.20. The largest absolute Gasteiger partial charge is 0.380 e. The van der Waals surface area contributed by atoms with Crippen molar-refractivity contribution in [2.75, 3.05) is 13.2 Å². The molecule has 1 saturated heterocycles. The lowest BCUT2D eigenvalue weighted by molar-refractivity contribution is 0.0699. The Kier molecular flexibility index (Phi) is 3.69. The Bertz CT molecular complexity index is 308. The number of rotatable bonds is 3. The summed E-state index contributed by atoms with van der Waals surface area (Å²) in [6.07, 6.45) is 6.19. The first-order valence-corrected chi connectivity index (χ1v) is 5.56. The molecule has 1 aliphatic heterocycles. The van der Waals surface area contributed by atoms with Crippen molar-refractivity contribution in [1.82, 2.24) is 10.3 Å². The summed E-state index contributed by atoms with van der Waals surface area (Å²) in [5, 5.41) is 3.50. The maximum absolute atomic E-state index is 5.42. The van der Waals surface area contributed by atoms with Crippen LogP contribution in [0.5, 0.6) is 0 Å². The molecular formula is C12H18N2O. The van der Waals surface area contributed by atoms with Gasteiger partial charge < -0.3 is 10.1 Å². The van der Waals surface area contributed by atoms with Crippen molar-refractivity contribution in [2.45, 2.75) is 32.4 Å². The molecular weight excluding hydrogens is 188 g/mol. The number of hydrogen-bond donors (Lipinski definition) is 1. The highest BCUT2D eigenvalue weighted by Crippen LogP contribution is 2.07. The smallest absolute Gasteiger partial charge is 0.0619 e. The van der Waals surface area contributed by atoms with Crippen molar-refractivity contribution in [2.24, 2.45) is 0 Å². The summed E-state index contributed by atoms with van der Waals surface area (Å²) in [5.74, 6) is 0. The average molecular weight is 206 g/mol. The van der Waals surface area contributed by atoms with E-state index in [4.69, 9.17) is 4.74 Å². The lowest BCUT2D eigenvalue weighted by Crippen LogP contribution is -2.36. The lowest BCUT2D eigenvalue weighted by atomic mass is 10.1. The lowest BCUT2D eigenvalue weighted by Gasteiger charge is -2.23. The molecule has 1 fully saturated rings. The first kappa shape index (κ1) is 10.6. The summed E-state index contributed by atoms with van der Waals surface area (Å²) >= 11 is 0. The Morgan fingerprint density at radius 2 is 2.47 bits per heavy atom. The van der Waals surface area contributed by atoms with Gasteiger partial charge in [-0.05, 0) is 30.9 Å². The predicted octanol–water partition coefficient (Wildman–Crippen LogP) is 1.66. The van der Waals surface area contributed by atoms with Crippen molar-refractivity contribution in [3.63, 3.8) is 0 Å². The zero-order chi connectivity index (χ0) is 10.5. The van der Waals surface area contributed by atoms with E-state index in [9.17, 15) is 0 Å². The average Bonchev–Trinajstić information content (AvgIpc) is 2.28. The van der Waals surface area contributed by atoms with Gasteiger partial charge in [-0.25, -0.2) is 0 Å². The van der Waals surface area contributed by atoms with Gasteiger partial charge in [0, 0.05) is 31.6 Å². The van der Waals surface area contributed by atoms with Crippen molar-refractivity contribution in [3.05, 3.63) is 29.6 Å². The van der Waals surface area contributed by atoms with Crippen LogP contribution in [-0.4, -0.2) is 24.2 Å². The number of ether oxygens (including phenoxy) is 1. The van der Waals surface area contributed by atoms with E-state index in [1.54, 1.807) is 0 Å². The fraction of sp³-hybridized carbons (Fsp3) is 0.583. The normalized spacial score (nSPS) is 21.5. The number of aryl methyl sites for hydroxylation is 1. The summed E-state index contributed by atoms with van der Waals surface area (Å²) in [6, 6.07) is 2.68. The van der Waals surface area contributed by atoms with Crippen LogP contribution in [0.15, 0.2) is 18.5 Å². The van der Waals surface area contributed by atoms with Crippen molar-refractivity contribution >= 4 is 0 Å². The standard InChI is InChI=1S/C12H18N2O/c1-10-5-11(7-13-6-10)8-14-12-3-2-4-15-9-12/h5-7,12,14H,2-4,8-9H2,1H3. The monoisotopic (exact) mass is 206 g/mol. The molecule has 0 spiro atoms. The van der Waals surface area contributed by atoms with E-state index in [1.165, 1.54) is 24.0 Å². The molecule has 1 aromatic heterocycles. The summed E-state index contributed by atoms with van der Waals surface area (Å²) in [5.41, 5.74) is 2.47. The van der Waals surface area contributed by atoms with Crippen LogP contribution in [0.2, 0.25) is 0 Å². The predicted molar refractivity (Wildman–Crippen MR) is 59.7 cm³/mol. The van der Waals surface area contributed by atoms with Crippen molar-refractivity contribution in [1.29, 1.82) is 0 Å². The molecule has 0 radical (unpaired) electrons. The molecule has 0 bridgehead atoms. The van der Waals surface area contributed by atoms with Crippen LogP contribution < -0.4 is 5.32 Å². The second kappa shape index (κ2) is 5.24. The Morgan fingerprint density at radius 1 is 1.53 bits per heavy atom. The molecule has 1 aliphatic rings. The van der Waals surface area contributed by atoms with Crippen LogP contribution in [0.25, 0.3) is 0 Å². The van der Waals surface area contributed by atoms with Crippen LogP contribution in [0.3, 0.4) is 0 Å². The zero-order valence-electron chi connectivity index (χ0n) is 9.20. The highest BCUT2D eigenvalue weighted by Gasteiger charge is 2.12. The van der Waals surface area contributed by atoms with Crippen LogP contribution in [0, 0.1) is 6.92 Å². The summed E-state index contributed by atoms with van der Waals surface area (Å²) in [4.78, 5) is 4.18. The van der Waals surface area contributed by atoms with E-state index in [2.05, 4.69) is 23.3 Å². The van der Waals surface area contributed by atoms with E-state index >= 15 is 0 Å². The second-order valence-corrected chi connectivity index (χ2v) is 4.17. The number of hydrogen-bond acceptors (Lipinski definition) is 3. The molecule has 1 aromatic rings. The van der Waals surface area contributed by atoms with Gasteiger partial charge in [0.15, 0.2) is 0 Å². The Labute approximate surface area is 90.9 Å². The molecule has 2 rings (SSSR count). The third-order valence-electron chi connectivity index (χ3n) is 2.69. The van der Waals surface area contributed by atoms with Crippen molar-refractivity contribution in [3.8, 4) is 0 Å². The van der Waals surface area contributed by atoms with E-state index in [0.29, 0.717) is 6.04 Å². The van der Waals surface area contributed by atoms with E-state index in [-0.39, 0.29) is 0 Å². The molecule has 0 aromatic carbocycles. The van der Waals surface area contributed by atoms with E-state index in [0.717, 1.165) is 19.8 Å². The molecule has 3 heteroatoms. The summed E-state index contributed by atoms with van der Waals surface area (Å²) < 4.78 is 5.42. The van der Waals surface area contributed by atoms with Crippen LogP contribution >= 0.6 is 0 Å². The van der Waals surface area contributed by atoms with Gasteiger partial charge in [-0.15, -0.1) is 0 Å². The molecule has 15 heavy (non-hydrogen) atoms. The van der Waals surface area contributed by atoms with Gasteiger partial charge in [0.05, 0.1) is 6.61 Å². The minimum Gasteiger partial charge on any atom is -0.380 e. The van der Waals surface area contributed by atoms with Gasteiger partial charge in [-0.3, -0.25) is 4.98 Å². The topological polar surface area (TPSA) is 34.2 Å². The number of nitrogens with zero attached hydrogens (tertiary/aromatic N) is 1. The molecule has 82 valence electrons. The SMILES string of the molecule is Cc1cncc(CNC2CCCOC2)c1. The Balaban J connectivity index is 1.81. The second-order valence-electron chi connectivity index (χ2n) is 4.17. The molecule has 1 N–H and O–H groups in total. The van der Waals surface area contributed by atoms with Gasteiger partial charge in [-0.1, -0.05) is 6.07 Å². The van der Waals surface area contributed by atoms with Crippen LogP contribution in [-0.2, 0) is 11.3 Å². The fourth-order valence-corrected chi connectivity index (χ4v) is 1.88. The third kappa shape index (κ3) is 3.29. The molecule has 0 amide bonds. The maximum atomic E-state index is 5.42. The molecule has 1 atom stereocenters. The molecule has 1 unspecified atom stereocenters. The Hall–Kier alpha value is -0.930. The molecule has 0 aliphatic carbocycles. The quantitative estimate of drug-likeness (QED) is 0.816. The van der Waals surface area contributed by atoms with Gasteiger partial charge in [0.1, 0.15) is 0 Å². The Morgan fingerprint density at radius 3 is 3.20 bits per heavy atom. The van der Waals surface area contributed by atoms with E-state index in [1.807, 2.05) is 12.4 Å². The third-order valence-corrected chi connectivity index (χ3v) is 2.69. The maximum Gasteiger partial charge on any atom is 0.0619 e. The van der Waals surface area contributed by atoms with Crippen LogP contribution in [0.4, 0.5) is 0 Å². The summed E-state index contributed by atoms with van der Waals surface area (Å²) in [6.45, 7) is 4.73. The minimum atomic E-state index is 0.513. The number of nitrogens with one attached hydrogen (secondary N) is 1.